The zero-order chi connectivity index (χ0) is 20.3. The molecule has 0 saturated heterocycles. The van der Waals surface area contributed by atoms with Gasteiger partial charge in [-0.05, 0) is 48.5 Å². The minimum atomic E-state index is -1.11. The first-order chi connectivity index (χ1) is 13.3. The Balaban J connectivity index is 1.98. The van der Waals surface area contributed by atoms with Crippen molar-refractivity contribution in [2.24, 2.45) is 0 Å². The summed E-state index contributed by atoms with van der Waals surface area (Å²) in [5.41, 5.74) is 0.0847. The van der Waals surface area contributed by atoms with Gasteiger partial charge in [-0.2, -0.15) is 0 Å². The SMILES string of the molecule is O=C(O)c1cccc(Oc2ccc(Cl)c(Cl)c2Oc2cccc(C(=O)O)c2)c1. The maximum atomic E-state index is 11.1. The van der Waals surface area contributed by atoms with E-state index in [1.54, 1.807) is 12.1 Å². The van der Waals surface area contributed by atoms with Crippen molar-refractivity contribution in [2.45, 2.75) is 0 Å². The largest absolute Gasteiger partial charge is 0.478 e. The fraction of sp³-hybridized carbons (Fsp3) is 0. The lowest BCUT2D eigenvalue weighted by atomic mass is 10.2. The van der Waals surface area contributed by atoms with Gasteiger partial charge >= 0.3 is 11.9 Å². The molecule has 0 unspecified atom stereocenters. The van der Waals surface area contributed by atoms with Crippen LogP contribution in [-0.2, 0) is 0 Å². The van der Waals surface area contributed by atoms with E-state index >= 15 is 0 Å². The van der Waals surface area contributed by atoms with Gasteiger partial charge in [0.2, 0.25) is 0 Å². The molecule has 0 bridgehead atoms. The molecule has 6 nitrogen and oxygen atoms in total. The predicted octanol–water partition coefficient (Wildman–Crippen LogP) is 5.97. The zero-order valence-electron chi connectivity index (χ0n) is 14.1. The molecular weight excluding hydrogens is 407 g/mol. The van der Waals surface area contributed by atoms with E-state index in [9.17, 15) is 9.59 Å². The predicted molar refractivity (Wildman–Crippen MR) is 103 cm³/mol. The molecule has 3 aromatic carbocycles. The molecule has 0 aromatic heterocycles. The van der Waals surface area contributed by atoms with Gasteiger partial charge in [0.05, 0.1) is 16.1 Å². The van der Waals surface area contributed by atoms with Crippen molar-refractivity contribution in [2.75, 3.05) is 0 Å². The zero-order valence-corrected chi connectivity index (χ0v) is 15.6. The summed E-state index contributed by atoms with van der Waals surface area (Å²) in [6, 6.07) is 14.7. The van der Waals surface area contributed by atoms with E-state index in [0.29, 0.717) is 0 Å². The number of hydrogen-bond acceptors (Lipinski definition) is 4. The van der Waals surface area contributed by atoms with Gasteiger partial charge in [0.25, 0.3) is 0 Å². The summed E-state index contributed by atoms with van der Waals surface area (Å²) in [7, 11) is 0. The van der Waals surface area contributed by atoms with Crippen LogP contribution in [0.25, 0.3) is 0 Å². The van der Waals surface area contributed by atoms with E-state index in [1.165, 1.54) is 48.5 Å². The Morgan fingerprint density at radius 2 is 1.29 bits per heavy atom. The molecule has 0 aliphatic carbocycles. The van der Waals surface area contributed by atoms with Gasteiger partial charge in [0.1, 0.15) is 16.5 Å². The van der Waals surface area contributed by atoms with Gasteiger partial charge in [0.15, 0.2) is 11.5 Å². The van der Waals surface area contributed by atoms with E-state index in [1.807, 2.05) is 0 Å². The van der Waals surface area contributed by atoms with Crippen LogP contribution in [0.1, 0.15) is 20.7 Å². The average Bonchev–Trinajstić information content (AvgIpc) is 2.68. The molecule has 0 fully saturated rings. The minimum Gasteiger partial charge on any atom is -0.478 e. The lowest BCUT2D eigenvalue weighted by Gasteiger charge is -2.15. The van der Waals surface area contributed by atoms with Crippen molar-refractivity contribution >= 4 is 35.1 Å². The quantitative estimate of drug-likeness (QED) is 0.511. The molecule has 28 heavy (non-hydrogen) atoms. The number of carboxylic acid groups (broad SMARTS) is 2. The lowest BCUT2D eigenvalue weighted by Crippen LogP contribution is -1.98. The second-order valence-corrected chi connectivity index (χ2v) is 6.34. The Labute approximate surface area is 169 Å². The maximum absolute atomic E-state index is 11.1. The Morgan fingerprint density at radius 3 is 1.82 bits per heavy atom. The summed E-state index contributed by atoms with van der Waals surface area (Å²) in [4.78, 5) is 22.3. The third-order valence-electron chi connectivity index (χ3n) is 3.62. The molecule has 0 saturated carbocycles. The summed E-state index contributed by atoms with van der Waals surface area (Å²) >= 11 is 12.3. The van der Waals surface area contributed by atoms with Crippen molar-refractivity contribution < 1.29 is 29.3 Å². The number of carboxylic acids is 2. The molecule has 0 amide bonds. The highest BCUT2D eigenvalue weighted by atomic mass is 35.5. The molecule has 0 radical (unpaired) electrons. The van der Waals surface area contributed by atoms with E-state index in [4.69, 9.17) is 42.9 Å². The van der Waals surface area contributed by atoms with Crippen LogP contribution in [0, 0.1) is 0 Å². The summed E-state index contributed by atoms with van der Waals surface area (Å²) < 4.78 is 11.5. The topological polar surface area (TPSA) is 93.1 Å². The second-order valence-electron chi connectivity index (χ2n) is 5.56. The first kappa shape index (κ1) is 19.5. The fourth-order valence-electron chi connectivity index (χ4n) is 2.32. The highest BCUT2D eigenvalue weighted by Gasteiger charge is 2.17. The molecule has 142 valence electrons. The van der Waals surface area contributed by atoms with Gasteiger partial charge < -0.3 is 19.7 Å². The van der Waals surface area contributed by atoms with Crippen LogP contribution in [0.15, 0.2) is 60.7 Å². The van der Waals surface area contributed by atoms with Crippen LogP contribution in [0.2, 0.25) is 10.0 Å². The third-order valence-corrected chi connectivity index (χ3v) is 4.41. The molecule has 8 heteroatoms. The Bertz CT molecular complexity index is 1060. The van der Waals surface area contributed by atoms with Gasteiger partial charge in [-0.3, -0.25) is 0 Å². The highest BCUT2D eigenvalue weighted by Crippen LogP contribution is 2.44. The van der Waals surface area contributed by atoms with Crippen molar-refractivity contribution in [3.63, 3.8) is 0 Å². The summed E-state index contributed by atoms with van der Waals surface area (Å²) in [6.07, 6.45) is 0. The fourth-order valence-corrected chi connectivity index (χ4v) is 2.66. The first-order valence-corrected chi connectivity index (χ1v) is 8.61. The van der Waals surface area contributed by atoms with Crippen molar-refractivity contribution in [3.05, 3.63) is 81.8 Å². The summed E-state index contributed by atoms with van der Waals surface area (Å²) in [5.74, 6) is -1.49. The molecule has 2 N–H and O–H groups in total. The van der Waals surface area contributed by atoms with Gasteiger partial charge in [-0.25, -0.2) is 9.59 Å². The summed E-state index contributed by atoms with van der Waals surface area (Å²) in [6.45, 7) is 0. The lowest BCUT2D eigenvalue weighted by molar-refractivity contribution is 0.0685. The van der Waals surface area contributed by atoms with Crippen molar-refractivity contribution in [1.82, 2.24) is 0 Å². The van der Waals surface area contributed by atoms with Crippen LogP contribution < -0.4 is 9.47 Å². The molecule has 0 atom stereocenters. The van der Waals surface area contributed by atoms with E-state index < -0.39 is 11.9 Å². The van der Waals surface area contributed by atoms with E-state index in [-0.39, 0.29) is 44.2 Å². The number of aromatic carboxylic acids is 2. The highest BCUT2D eigenvalue weighted by molar-refractivity contribution is 6.43. The van der Waals surface area contributed by atoms with E-state index in [0.717, 1.165) is 0 Å². The van der Waals surface area contributed by atoms with Crippen LogP contribution >= 0.6 is 23.2 Å². The number of benzene rings is 3. The monoisotopic (exact) mass is 418 g/mol. The van der Waals surface area contributed by atoms with Crippen LogP contribution in [0.4, 0.5) is 0 Å². The number of ether oxygens (including phenoxy) is 2. The average molecular weight is 419 g/mol. The Kier molecular flexibility index (Phi) is 5.73. The van der Waals surface area contributed by atoms with Gasteiger partial charge in [0, 0.05) is 0 Å². The van der Waals surface area contributed by atoms with Crippen LogP contribution in [0.5, 0.6) is 23.0 Å². The molecule has 0 aliphatic rings. The first-order valence-electron chi connectivity index (χ1n) is 7.85. The third kappa shape index (κ3) is 4.36. The molecule has 0 spiro atoms. The molecule has 0 heterocycles. The molecular formula is C20H12Cl2O6. The number of hydrogen-bond donors (Lipinski definition) is 2. The van der Waals surface area contributed by atoms with Crippen molar-refractivity contribution in [1.29, 1.82) is 0 Å². The Morgan fingerprint density at radius 1 is 0.750 bits per heavy atom. The number of rotatable bonds is 6. The maximum Gasteiger partial charge on any atom is 0.335 e. The molecule has 0 aliphatic heterocycles. The smallest absolute Gasteiger partial charge is 0.335 e. The number of carbonyl (C=O) groups is 2. The molecule has 3 rings (SSSR count). The van der Waals surface area contributed by atoms with E-state index in [2.05, 4.69) is 0 Å². The standard InChI is InChI=1S/C20H12Cl2O6/c21-15-7-8-16(27-13-5-1-3-11(9-13)19(23)24)18(17(15)22)28-14-6-2-4-12(10-14)20(25)26/h1-10H,(H,23,24)(H,25,26). The Hall–Kier alpha value is -3.22. The minimum absolute atomic E-state index is 0.0345. The van der Waals surface area contributed by atoms with Crippen LogP contribution in [-0.4, -0.2) is 22.2 Å². The summed E-state index contributed by atoms with van der Waals surface area (Å²) in [5, 5.41) is 18.5. The van der Waals surface area contributed by atoms with Crippen molar-refractivity contribution in [3.8, 4) is 23.0 Å². The van der Waals surface area contributed by atoms with Gasteiger partial charge in [-0.1, -0.05) is 35.3 Å². The van der Waals surface area contributed by atoms with Crippen LogP contribution in [0.3, 0.4) is 0 Å². The van der Waals surface area contributed by atoms with Gasteiger partial charge in [-0.15, -0.1) is 0 Å². The second kappa shape index (κ2) is 8.21. The normalized spacial score (nSPS) is 10.4. The molecule has 3 aromatic rings. The number of halogens is 2.